The van der Waals surface area contributed by atoms with E-state index in [-0.39, 0.29) is 11.3 Å². The van der Waals surface area contributed by atoms with Crippen molar-refractivity contribution in [2.45, 2.75) is 44.9 Å². The number of aromatic nitrogens is 2. The summed E-state index contributed by atoms with van der Waals surface area (Å²) < 4.78 is 5.30. The van der Waals surface area contributed by atoms with E-state index in [2.05, 4.69) is 38.8 Å². The molecule has 2 aromatic rings. The van der Waals surface area contributed by atoms with E-state index >= 15 is 0 Å². The van der Waals surface area contributed by atoms with Gasteiger partial charge in [0.25, 0.3) is 0 Å². The van der Waals surface area contributed by atoms with Gasteiger partial charge in [-0.2, -0.15) is 0 Å². The van der Waals surface area contributed by atoms with Gasteiger partial charge in [0.15, 0.2) is 0 Å². The molecule has 0 spiro atoms. The average molecular weight is 395 g/mol. The second-order valence-corrected chi connectivity index (χ2v) is 8.20. The minimum absolute atomic E-state index is 0.287. The molecular weight excluding hydrogens is 364 g/mol. The summed E-state index contributed by atoms with van der Waals surface area (Å²) in [5, 5.41) is 0. The van der Waals surface area contributed by atoms with Crippen LogP contribution >= 0.6 is 0 Å². The molecular formula is C23H30N4O2. The van der Waals surface area contributed by atoms with Crippen LogP contribution in [0.3, 0.4) is 0 Å². The van der Waals surface area contributed by atoms with Crippen molar-refractivity contribution in [3.63, 3.8) is 0 Å². The third-order valence-electron chi connectivity index (χ3n) is 6.69. The number of methoxy groups -OCH3 is 1. The van der Waals surface area contributed by atoms with Crippen molar-refractivity contribution in [2.75, 3.05) is 38.2 Å². The van der Waals surface area contributed by atoms with Gasteiger partial charge in [0, 0.05) is 37.4 Å². The maximum absolute atomic E-state index is 13.7. The molecule has 2 aliphatic rings. The van der Waals surface area contributed by atoms with Crippen molar-refractivity contribution in [3.05, 3.63) is 47.4 Å². The number of nitrogens with zero attached hydrogens (tertiary/aromatic N) is 4. The molecule has 2 fully saturated rings. The smallest absolute Gasteiger partial charge is 0.233 e. The standard InChI is InChI=1S/C23H30N4O2/c1-17-18(2)24-16-25-21(17)26-12-14-27(15-13-26)22(28)23(10-4-5-11-23)19-6-8-20(29-3)9-7-19/h6-9,16H,4-5,10-15H2,1-3H3. The zero-order valence-corrected chi connectivity index (χ0v) is 17.6. The van der Waals surface area contributed by atoms with Crippen LogP contribution in [0.1, 0.15) is 42.5 Å². The van der Waals surface area contributed by atoms with Crippen molar-refractivity contribution in [1.29, 1.82) is 0 Å². The number of anilines is 1. The van der Waals surface area contributed by atoms with E-state index < -0.39 is 0 Å². The minimum atomic E-state index is -0.379. The summed E-state index contributed by atoms with van der Waals surface area (Å²) in [5.74, 6) is 2.12. The molecule has 1 aliphatic carbocycles. The number of rotatable bonds is 4. The second-order valence-electron chi connectivity index (χ2n) is 8.20. The normalized spacial score (nSPS) is 18.7. The highest BCUT2D eigenvalue weighted by Crippen LogP contribution is 2.43. The van der Waals surface area contributed by atoms with Crippen molar-refractivity contribution >= 4 is 11.7 Å². The Balaban J connectivity index is 1.50. The fourth-order valence-corrected chi connectivity index (χ4v) is 4.78. The number of carbonyl (C=O) groups excluding carboxylic acids is 1. The van der Waals surface area contributed by atoms with E-state index in [0.717, 1.165) is 80.3 Å². The molecule has 6 heteroatoms. The van der Waals surface area contributed by atoms with E-state index in [4.69, 9.17) is 4.74 Å². The Hall–Kier alpha value is -2.63. The summed E-state index contributed by atoms with van der Waals surface area (Å²) in [6, 6.07) is 8.10. The summed E-state index contributed by atoms with van der Waals surface area (Å²) in [6.07, 6.45) is 5.71. The van der Waals surface area contributed by atoms with Gasteiger partial charge in [-0.3, -0.25) is 4.79 Å². The van der Waals surface area contributed by atoms with Gasteiger partial charge in [0.05, 0.1) is 12.5 Å². The molecule has 4 rings (SSSR count). The van der Waals surface area contributed by atoms with Crippen LogP contribution in [0.2, 0.25) is 0 Å². The lowest BCUT2D eigenvalue weighted by molar-refractivity contribution is -0.137. The van der Waals surface area contributed by atoms with Crippen LogP contribution < -0.4 is 9.64 Å². The van der Waals surface area contributed by atoms with Crippen LogP contribution in [0.4, 0.5) is 5.82 Å². The first kappa shape index (κ1) is 19.7. The van der Waals surface area contributed by atoms with Crippen molar-refractivity contribution in [3.8, 4) is 5.75 Å². The molecule has 1 saturated carbocycles. The lowest BCUT2D eigenvalue weighted by Gasteiger charge is -2.40. The van der Waals surface area contributed by atoms with Gasteiger partial charge in [0.2, 0.25) is 5.91 Å². The first-order valence-corrected chi connectivity index (χ1v) is 10.5. The van der Waals surface area contributed by atoms with Crippen molar-refractivity contribution in [1.82, 2.24) is 14.9 Å². The molecule has 6 nitrogen and oxygen atoms in total. The van der Waals surface area contributed by atoms with Crippen LogP contribution in [0.15, 0.2) is 30.6 Å². The minimum Gasteiger partial charge on any atom is -0.497 e. The Bertz CT molecular complexity index is 867. The van der Waals surface area contributed by atoms with Gasteiger partial charge in [-0.05, 0) is 44.4 Å². The van der Waals surface area contributed by atoms with E-state index in [1.807, 2.05) is 19.1 Å². The highest BCUT2D eigenvalue weighted by molar-refractivity contribution is 5.89. The number of ether oxygens (including phenoxy) is 1. The molecule has 0 radical (unpaired) electrons. The van der Waals surface area contributed by atoms with Gasteiger partial charge in [-0.1, -0.05) is 25.0 Å². The maximum Gasteiger partial charge on any atom is 0.233 e. The van der Waals surface area contributed by atoms with Crippen molar-refractivity contribution in [2.24, 2.45) is 0 Å². The lowest BCUT2D eigenvalue weighted by atomic mass is 9.77. The molecule has 1 aliphatic heterocycles. The SMILES string of the molecule is COc1ccc(C2(C(=O)N3CCN(c4ncnc(C)c4C)CC3)CCCC2)cc1. The van der Waals surface area contributed by atoms with Crippen LogP contribution in [-0.2, 0) is 10.2 Å². The summed E-state index contributed by atoms with van der Waals surface area (Å²) in [4.78, 5) is 26.8. The Morgan fingerprint density at radius 3 is 2.28 bits per heavy atom. The van der Waals surface area contributed by atoms with Gasteiger partial charge in [0.1, 0.15) is 17.9 Å². The van der Waals surface area contributed by atoms with E-state index in [1.165, 1.54) is 0 Å². The maximum atomic E-state index is 13.7. The monoisotopic (exact) mass is 394 g/mol. The van der Waals surface area contributed by atoms with E-state index in [0.29, 0.717) is 0 Å². The molecule has 2 heterocycles. The molecule has 1 aromatic heterocycles. The van der Waals surface area contributed by atoms with Crippen molar-refractivity contribution < 1.29 is 9.53 Å². The topological polar surface area (TPSA) is 58.6 Å². The molecule has 0 N–H and O–H groups in total. The quantitative estimate of drug-likeness (QED) is 0.797. The second kappa shape index (κ2) is 8.01. The highest BCUT2D eigenvalue weighted by Gasteiger charge is 2.45. The zero-order chi connectivity index (χ0) is 20.4. The number of piperazine rings is 1. The van der Waals surface area contributed by atoms with Gasteiger partial charge in [-0.15, -0.1) is 0 Å². The predicted octanol–water partition coefficient (Wildman–Crippen LogP) is 3.26. The number of hydrogen-bond donors (Lipinski definition) is 0. The molecule has 0 atom stereocenters. The third kappa shape index (κ3) is 3.56. The average Bonchev–Trinajstić information content (AvgIpc) is 3.26. The lowest BCUT2D eigenvalue weighted by Crippen LogP contribution is -2.54. The zero-order valence-electron chi connectivity index (χ0n) is 17.6. The Labute approximate surface area is 172 Å². The number of carbonyl (C=O) groups is 1. The number of amides is 1. The summed E-state index contributed by atoms with van der Waals surface area (Å²) in [7, 11) is 1.67. The Morgan fingerprint density at radius 1 is 1.00 bits per heavy atom. The van der Waals surface area contributed by atoms with Gasteiger partial charge >= 0.3 is 0 Å². The summed E-state index contributed by atoms with van der Waals surface area (Å²) in [5.41, 5.74) is 2.89. The third-order valence-corrected chi connectivity index (χ3v) is 6.69. The molecule has 1 saturated heterocycles. The first-order valence-electron chi connectivity index (χ1n) is 10.5. The molecule has 29 heavy (non-hydrogen) atoms. The molecule has 1 aromatic carbocycles. The largest absolute Gasteiger partial charge is 0.497 e. The molecule has 0 unspecified atom stereocenters. The summed E-state index contributed by atoms with van der Waals surface area (Å²) in [6.45, 7) is 7.17. The first-order chi connectivity index (χ1) is 14.0. The van der Waals surface area contributed by atoms with E-state index in [1.54, 1.807) is 13.4 Å². The molecule has 1 amide bonds. The van der Waals surface area contributed by atoms with Crippen LogP contribution in [0.25, 0.3) is 0 Å². The Kier molecular flexibility index (Phi) is 5.43. The highest BCUT2D eigenvalue weighted by atomic mass is 16.5. The fraction of sp³-hybridized carbons (Fsp3) is 0.522. The summed E-state index contributed by atoms with van der Waals surface area (Å²) >= 11 is 0. The predicted molar refractivity (Wildman–Crippen MR) is 113 cm³/mol. The van der Waals surface area contributed by atoms with Crippen LogP contribution in [0.5, 0.6) is 5.75 Å². The number of hydrogen-bond acceptors (Lipinski definition) is 5. The molecule has 154 valence electrons. The number of benzene rings is 1. The van der Waals surface area contributed by atoms with E-state index in [9.17, 15) is 4.79 Å². The number of aryl methyl sites for hydroxylation is 1. The van der Waals surface area contributed by atoms with Crippen LogP contribution in [-0.4, -0.2) is 54.1 Å². The van der Waals surface area contributed by atoms with Gasteiger partial charge in [-0.25, -0.2) is 9.97 Å². The molecule has 0 bridgehead atoms. The van der Waals surface area contributed by atoms with Gasteiger partial charge < -0.3 is 14.5 Å². The Morgan fingerprint density at radius 2 is 1.66 bits per heavy atom. The van der Waals surface area contributed by atoms with Crippen LogP contribution in [0, 0.1) is 13.8 Å². The fourth-order valence-electron chi connectivity index (χ4n) is 4.78.